The van der Waals surface area contributed by atoms with E-state index in [9.17, 15) is 9.59 Å². The van der Waals surface area contributed by atoms with Crippen molar-refractivity contribution in [2.75, 3.05) is 38.8 Å². The Morgan fingerprint density at radius 2 is 1.79 bits per heavy atom. The van der Waals surface area contributed by atoms with Crippen LogP contribution in [0.4, 0.5) is 10.5 Å². The second-order valence-electron chi connectivity index (χ2n) is 9.35. The van der Waals surface area contributed by atoms with Crippen LogP contribution in [0.5, 0.6) is 11.5 Å². The number of ether oxygens (including phenoxy) is 2. The fourth-order valence-corrected chi connectivity index (χ4v) is 5.64. The number of benzene rings is 2. The Morgan fingerprint density at radius 3 is 2.48 bits per heavy atom. The van der Waals surface area contributed by atoms with E-state index in [-0.39, 0.29) is 23.4 Å². The summed E-state index contributed by atoms with van der Waals surface area (Å²) < 4.78 is 11.8. The van der Waals surface area contributed by atoms with E-state index in [0.717, 1.165) is 42.7 Å². The van der Waals surface area contributed by atoms with Crippen LogP contribution in [0, 0.1) is 0 Å². The number of nitrogens with one attached hydrogen (secondary N) is 1. The van der Waals surface area contributed by atoms with E-state index in [2.05, 4.69) is 24.4 Å². The lowest BCUT2D eigenvalue weighted by Gasteiger charge is -2.47. The lowest BCUT2D eigenvalue weighted by Crippen LogP contribution is -2.52. The minimum absolute atomic E-state index is 0.0574. The van der Waals surface area contributed by atoms with Gasteiger partial charge in [-0.25, -0.2) is 4.79 Å². The highest BCUT2D eigenvalue weighted by Crippen LogP contribution is 2.52. The molecule has 0 radical (unpaired) electrons. The van der Waals surface area contributed by atoms with Crippen LogP contribution in [-0.4, -0.2) is 50.7 Å². The largest absolute Gasteiger partial charge is 0.486 e. The normalized spacial score (nSPS) is 20.3. The van der Waals surface area contributed by atoms with Crippen LogP contribution in [-0.2, 0) is 5.41 Å². The summed E-state index contributed by atoms with van der Waals surface area (Å²) in [5.74, 6) is 1.41. The van der Waals surface area contributed by atoms with Crippen LogP contribution in [0.25, 0.3) is 0 Å². The fraction of sp³-hybridized carbons (Fsp3) is 0.462. The average Bonchev–Trinajstić information content (AvgIpc) is 3.33. The Morgan fingerprint density at radius 1 is 1.09 bits per heavy atom. The minimum atomic E-state index is -0.171. The van der Waals surface area contributed by atoms with Crippen LogP contribution in [0.3, 0.4) is 0 Å². The molecular formula is C26H31N3O4. The predicted molar refractivity (Wildman–Crippen MR) is 126 cm³/mol. The summed E-state index contributed by atoms with van der Waals surface area (Å²) in [6.45, 7) is 3.87. The van der Waals surface area contributed by atoms with Crippen molar-refractivity contribution in [2.45, 2.75) is 44.1 Å². The monoisotopic (exact) mass is 449 g/mol. The van der Waals surface area contributed by atoms with Crippen molar-refractivity contribution in [2.24, 2.45) is 0 Å². The summed E-state index contributed by atoms with van der Waals surface area (Å²) >= 11 is 0. The zero-order chi connectivity index (χ0) is 23.2. The molecule has 1 saturated carbocycles. The number of nitrogens with zero attached hydrogens (tertiary/aromatic N) is 2. The van der Waals surface area contributed by atoms with Gasteiger partial charge in [0.05, 0.1) is 6.04 Å². The van der Waals surface area contributed by atoms with Crippen molar-refractivity contribution in [3.63, 3.8) is 0 Å². The zero-order valence-electron chi connectivity index (χ0n) is 19.5. The smallest absolute Gasteiger partial charge is 0.324 e. The third-order valence-electron chi connectivity index (χ3n) is 7.49. The van der Waals surface area contributed by atoms with Crippen molar-refractivity contribution >= 4 is 17.6 Å². The van der Waals surface area contributed by atoms with E-state index in [1.807, 2.05) is 11.0 Å². The van der Waals surface area contributed by atoms with Gasteiger partial charge in [0, 0.05) is 37.3 Å². The summed E-state index contributed by atoms with van der Waals surface area (Å²) in [4.78, 5) is 29.5. The number of hydrogen-bond donors (Lipinski definition) is 1. The molecule has 1 atom stereocenters. The maximum atomic E-state index is 13.8. The highest BCUT2D eigenvalue weighted by molar-refractivity contribution is 5.97. The number of urea groups is 1. The highest BCUT2D eigenvalue weighted by Gasteiger charge is 2.47. The maximum absolute atomic E-state index is 13.8. The first kappa shape index (κ1) is 21.6. The minimum Gasteiger partial charge on any atom is -0.486 e. The van der Waals surface area contributed by atoms with Crippen LogP contribution in [0.1, 0.15) is 60.1 Å². The first-order valence-corrected chi connectivity index (χ1v) is 11.7. The van der Waals surface area contributed by atoms with Crippen LogP contribution < -0.4 is 19.7 Å². The molecule has 3 aliphatic rings. The molecule has 2 aliphatic heterocycles. The van der Waals surface area contributed by atoms with Gasteiger partial charge in [-0.3, -0.25) is 9.69 Å². The van der Waals surface area contributed by atoms with Gasteiger partial charge in [0.1, 0.15) is 13.2 Å². The van der Waals surface area contributed by atoms with Gasteiger partial charge in [-0.05, 0) is 61.2 Å². The Labute approximate surface area is 194 Å². The third kappa shape index (κ3) is 3.59. The highest BCUT2D eigenvalue weighted by atomic mass is 16.6. The lowest BCUT2D eigenvalue weighted by molar-refractivity contribution is 0.0963. The van der Waals surface area contributed by atoms with Crippen molar-refractivity contribution in [3.8, 4) is 11.5 Å². The molecule has 2 aromatic rings. The van der Waals surface area contributed by atoms with E-state index in [4.69, 9.17) is 9.47 Å². The molecule has 5 rings (SSSR count). The molecule has 3 amide bonds. The molecular weight excluding hydrogens is 418 g/mol. The van der Waals surface area contributed by atoms with Gasteiger partial charge in [-0.1, -0.05) is 18.9 Å². The standard InChI is InChI=1S/C26H31N3O4/c1-17-20-14-22-23(33-12-11-32-22)15-21(20)26(9-4-5-10-26)16-29(17)25(31)28(3)19-8-6-7-18(13-19)24(30)27-2/h6-8,13-15,17H,4-5,9-12,16H2,1-3H3,(H,27,30). The van der Waals surface area contributed by atoms with Gasteiger partial charge >= 0.3 is 6.03 Å². The van der Waals surface area contributed by atoms with Gasteiger partial charge in [-0.2, -0.15) is 0 Å². The van der Waals surface area contributed by atoms with E-state index in [0.29, 0.717) is 31.0 Å². The van der Waals surface area contributed by atoms with Gasteiger partial charge in [0.2, 0.25) is 0 Å². The molecule has 2 aromatic carbocycles. The molecule has 0 saturated heterocycles. The average molecular weight is 450 g/mol. The van der Waals surface area contributed by atoms with Crippen molar-refractivity contribution < 1.29 is 19.1 Å². The van der Waals surface area contributed by atoms with Gasteiger partial charge in [0.15, 0.2) is 11.5 Å². The molecule has 1 N–H and O–H groups in total. The van der Waals surface area contributed by atoms with Crippen LogP contribution in [0.15, 0.2) is 36.4 Å². The summed E-state index contributed by atoms with van der Waals surface area (Å²) in [5, 5.41) is 2.64. The van der Waals surface area contributed by atoms with Gasteiger partial charge < -0.3 is 19.7 Å². The molecule has 7 nitrogen and oxygen atoms in total. The Bertz CT molecular complexity index is 1090. The second-order valence-corrected chi connectivity index (χ2v) is 9.35. The number of carbonyl (C=O) groups is 2. The zero-order valence-corrected chi connectivity index (χ0v) is 19.5. The molecule has 0 aromatic heterocycles. The molecule has 1 fully saturated rings. The van der Waals surface area contributed by atoms with E-state index < -0.39 is 0 Å². The van der Waals surface area contributed by atoms with Crippen LogP contribution in [0.2, 0.25) is 0 Å². The number of amides is 3. The van der Waals surface area contributed by atoms with E-state index in [1.54, 1.807) is 37.2 Å². The molecule has 33 heavy (non-hydrogen) atoms. The first-order chi connectivity index (χ1) is 15.9. The summed E-state index contributed by atoms with van der Waals surface area (Å²) in [7, 11) is 3.38. The molecule has 174 valence electrons. The molecule has 2 heterocycles. The number of hydrogen-bond acceptors (Lipinski definition) is 4. The van der Waals surface area contributed by atoms with Crippen molar-refractivity contribution in [1.29, 1.82) is 0 Å². The quantitative estimate of drug-likeness (QED) is 0.744. The lowest BCUT2D eigenvalue weighted by atomic mass is 9.71. The van der Waals surface area contributed by atoms with Crippen molar-refractivity contribution in [3.05, 3.63) is 53.1 Å². The summed E-state index contributed by atoms with van der Waals surface area (Å²) in [6, 6.07) is 11.3. The Balaban J connectivity index is 1.50. The number of carbonyl (C=O) groups excluding carboxylic acids is 2. The summed E-state index contributed by atoms with van der Waals surface area (Å²) in [6.07, 6.45) is 4.45. The van der Waals surface area contributed by atoms with Crippen LogP contribution >= 0.6 is 0 Å². The molecule has 7 heteroatoms. The molecule has 0 bridgehead atoms. The van der Waals surface area contributed by atoms with E-state index in [1.165, 1.54) is 5.56 Å². The Kier molecular flexibility index (Phi) is 5.43. The summed E-state index contributed by atoms with van der Waals surface area (Å²) in [5.41, 5.74) is 3.63. The number of anilines is 1. The molecule has 1 unspecified atom stereocenters. The topological polar surface area (TPSA) is 71.1 Å². The number of fused-ring (bicyclic) bond motifs is 3. The number of rotatable bonds is 2. The fourth-order valence-electron chi connectivity index (χ4n) is 5.64. The van der Waals surface area contributed by atoms with Gasteiger partial charge in [0.25, 0.3) is 5.91 Å². The SMILES string of the molecule is CNC(=O)c1cccc(N(C)C(=O)N2CC3(CCCC3)c3cc4c(cc3C2C)OCCO4)c1. The third-order valence-corrected chi connectivity index (χ3v) is 7.49. The first-order valence-electron chi connectivity index (χ1n) is 11.7. The molecule has 1 aliphatic carbocycles. The molecule has 1 spiro atoms. The van der Waals surface area contributed by atoms with Gasteiger partial charge in [-0.15, -0.1) is 0 Å². The van der Waals surface area contributed by atoms with E-state index >= 15 is 0 Å². The predicted octanol–water partition coefficient (Wildman–Crippen LogP) is 4.26. The van der Waals surface area contributed by atoms with Crippen molar-refractivity contribution in [1.82, 2.24) is 10.2 Å². The second kappa shape index (κ2) is 8.28. The Hall–Kier alpha value is -3.22. The maximum Gasteiger partial charge on any atom is 0.324 e.